The minimum atomic E-state index is -0.221. The zero-order valence-electron chi connectivity index (χ0n) is 9.81. The van der Waals surface area contributed by atoms with Crippen LogP contribution in [-0.2, 0) is 12.8 Å². The molecule has 1 unspecified atom stereocenters. The van der Waals surface area contributed by atoms with Crippen LogP contribution < -0.4 is 5.73 Å². The Morgan fingerprint density at radius 1 is 1.22 bits per heavy atom. The maximum Gasteiger partial charge on any atom is 0.127 e. The number of aromatic nitrogens is 1. The van der Waals surface area contributed by atoms with Gasteiger partial charge in [-0.05, 0) is 36.2 Å². The molecule has 1 heterocycles. The molecule has 4 heteroatoms. The Morgan fingerprint density at radius 3 is 2.72 bits per heavy atom. The lowest BCUT2D eigenvalue weighted by Crippen LogP contribution is -2.26. The van der Waals surface area contributed by atoms with Gasteiger partial charge in [0.15, 0.2) is 0 Å². The third kappa shape index (κ3) is 3.62. The molecule has 0 amide bonds. The minimum Gasteiger partial charge on any atom is -0.327 e. The predicted octanol–water partition coefficient (Wildman–Crippen LogP) is 3.10. The molecular weight excluding hydrogens is 295 g/mol. The van der Waals surface area contributed by atoms with E-state index in [0.29, 0.717) is 18.4 Å². The standard InChI is InChI=1S/C14H14BrFN2/c15-11-5-4-10(14(16)8-11)7-12(17)9-13-3-1-2-6-18-13/h1-6,8,12H,7,9,17H2. The number of rotatable bonds is 4. The van der Waals surface area contributed by atoms with Gasteiger partial charge in [0.2, 0.25) is 0 Å². The molecule has 0 bridgehead atoms. The van der Waals surface area contributed by atoms with Crippen LogP contribution in [0.1, 0.15) is 11.3 Å². The van der Waals surface area contributed by atoms with Crippen molar-refractivity contribution in [1.82, 2.24) is 4.98 Å². The summed E-state index contributed by atoms with van der Waals surface area (Å²) in [5.41, 5.74) is 7.60. The summed E-state index contributed by atoms with van der Waals surface area (Å²) in [6.45, 7) is 0. The Kier molecular flexibility index (Phi) is 4.44. The van der Waals surface area contributed by atoms with Crippen molar-refractivity contribution in [3.63, 3.8) is 0 Å². The molecule has 0 saturated heterocycles. The Labute approximate surface area is 114 Å². The second-order valence-corrected chi connectivity index (χ2v) is 5.14. The molecular formula is C14H14BrFN2. The molecule has 18 heavy (non-hydrogen) atoms. The van der Waals surface area contributed by atoms with Crippen molar-refractivity contribution in [2.24, 2.45) is 5.73 Å². The summed E-state index contributed by atoms with van der Waals surface area (Å²) >= 11 is 3.24. The second kappa shape index (κ2) is 6.07. The van der Waals surface area contributed by atoms with Crippen LogP contribution in [0.2, 0.25) is 0 Å². The summed E-state index contributed by atoms with van der Waals surface area (Å²) in [4.78, 5) is 4.22. The first kappa shape index (κ1) is 13.2. The largest absolute Gasteiger partial charge is 0.327 e. The van der Waals surface area contributed by atoms with E-state index in [2.05, 4.69) is 20.9 Å². The van der Waals surface area contributed by atoms with Crippen molar-refractivity contribution in [1.29, 1.82) is 0 Å². The number of nitrogens with two attached hydrogens (primary N) is 1. The smallest absolute Gasteiger partial charge is 0.127 e. The highest BCUT2D eigenvalue weighted by Gasteiger charge is 2.10. The molecule has 1 aromatic heterocycles. The first-order chi connectivity index (χ1) is 8.65. The summed E-state index contributed by atoms with van der Waals surface area (Å²) in [6.07, 6.45) is 2.90. The highest BCUT2D eigenvalue weighted by Crippen LogP contribution is 2.16. The minimum absolute atomic E-state index is 0.129. The molecule has 0 saturated carbocycles. The van der Waals surface area contributed by atoms with Crippen LogP contribution in [0.3, 0.4) is 0 Å². The molecule has 94 valence electrons. The van der Waals surface area contributed by atoms with Crippen LogP contribution >= 0.6 is 15.9 Å². The average molecular weight is 309 g/mol. The monoisotopic (exact) mass is 308 g/mol. The van der Waals surface area contributed by atoms with Gasteiger partial charge in [-0.1, -0.05) is 28.1 Å². The lowest BCUT2D eigenvalue weighted by Gasteiger charge is -2.12. The topological polar surface area (TPSA) is 38.9 Å². The van der Waals surface area contributed by atoms with Crippen LogP contribution in [0.5, 0.6) is 0 Å². The maximum atomic E-state index is 13.6. The Morgan fingerprint density at radius 2 is 2.06 bits per heavy atom. The predicted molar refractivity (Wildman–Crippen MR) is 73.7 cm³/mol. The van der Waals surface area contributed by atoms with Gasteiger partial charge in [-0.25, -0.2) is 4.39 Å². The van der Waals surface area contributed by atoms with Crippen molar-refractivity contribution >= 4 is 15.9 Å². The van der Waals surface area contributed by atoms with E-state index in [9.17, 15) is 4.39 Å². The molecule has 2 aromatic rings. The Hall–Kier alpha value is -1.26. The summed E-state index contributed by atoms with van der Waals surface area (Å²) in [7, 11) is 0. The van der Waals surface area contributed by atoms with E-state index in [1.54, 1.807) is 12.3 Å². The van der Waals surface area contributed by atoms with Crippen molar-refractivity contribution < 1.29 is 4.39 Å². The molecule has 2 rings (SSSR count). The Balaban J connectivity index is 2.01. The number of halogens is 2. The molecule has 2 nitrogen and oxygen atoms in total. The van der Waals surface area contributed by atoms with Gasteiger partial charge in [0.25, 0.3) is 0 Å². The van der Waals surface area contributed by atoms with E-state index in [-0.39, 0.29) is 11.9 Å². The number of hydrogen-bond donors (Lipinski definition) is 1. The van der Waals surface area contributed by atoms with Gasteiger partial charge in [0.05, 0.1) is 0 Å². The molecule has 2 N–H and O–H groups in total. The number of benzene rings is 1. The molecule has 0 spiro atoms. The first-order valence-electron chi connectivity index (χ1n) is 5.74. The third-order valence-corrected chi connectivity index (χ3v) is 3.19. The van der Waals surface area contributed by atoms with Crippen LogP contribution in [0.15, 0.2) is 47.1 Å². The van der Waals surface area contributed by atoms with E-state index in [0.717, 1.165) is 10.2 Å². The third-order valence-electron chi connectivity index (χ3n) is 2.69. The maximum absolute atomic E-state index is 13.6. The summed E-state index contributed by atoms with van der Waals surface area (Å²) in [5.74, 6) is -0.221. The SMILES string of the molecule is NC(Cc1ccccn1)Cc1ccc(Br)cc1F. The van der Waals surface area contributed by atoms with E-state index < -0.39 is 0 Å². The van der Waals surface area contributed by atoms with Crippen molar-refractivity contribution in [2.75, 3.05) is 0 Å². The average Bonchev–Trinajstić information content (AvgIpc) is 2.34. The van der Waals surface area contributed by atoms with Crippen molar-refractivity contribution in [2.45, 2.75) is 18.9 Å². The zero-order chi connectivity index (χ0) is 13.0. The molecule has 0 radical (unpaired) electrons. The summed E-state index contributed by atoms with van der Waals surface area (Å²) in [6, 6.07) is 10.6. The van der Waals surface area contributed by atoms with Gasteiger partial charge in [-0.3, -0.25) is 4.98 Å². The molecule has 0 aliphatic carbocycles. The first-order valence-corrected chi connectivity index (χ1v) is 6.54. The molecule has 0 aliphatic rings. The Bertz CT molecular complexity index is 516. The zero-order valence-corrected chi connectivity index (χ0v) is 11.4. The van der Waals surface area contributed by atoms with E-state index in [1.807, 2.05) is 24.3 Å². The number of nitrogens with zero attached hydrogens (tertiary/aromatic N) is 1. The highest BCUT2D eigenvalue weighted by atomic mass is 79.9. The molecule has 1 atom stereocenters. The van der Waals surface area contributed by atoms with Gasteiger partial charge in [0.1, 0.15) is 5.82 Å². The fourth-order valence-electron chi connectivity index (χ4n) is 1.83. The second-order valence-electron chi connectivity index (χ2n) is 4.23. The van der Waals surface area contributed by atoms with E-state index in [1.165, 1.54) is 6.07 Å². The van der Waals surface area contributed by atoms with Crippen LogP contribution in [0, 0.1) is 5.82 Å². The van der Waals surface area contributed by atoms with E-state index >= 15 is 0 Å². The van der Waals surface area contributed by atoms with Gasteiger partial charge in [0, 0.05) is 28.8 Å². The number of hydrogen-bond acceptors (Lipinski definition) is 2. The quantitative estimate of drug-likeness (QED) is 0.942. The number of pyridine rings is 1. The summed E-state index contributed by atoms with van der Waals surface area (Å²) in [5, 5.41) is 0. The van der Waals surface area contributed by atoms with Gasteiger partial charge in [-0.2, -0.15) is 0 Å². The van der Waals surface area contributed by atoms with Crippen LogP contribution in [0.4, 0.5) is 4.39 Å². The lowest BCUT2D eigenvalue weighted by molar-refractivity contribution is 0.581. The molecule has 0 aliphatic heterocycles. The lowest BCUT2D eigenvalue weighted by atomic mass is 10.0. The van der Waals surface area contributed by atoms with Crippen LogP contribution in [-0.4, -0.2) is 11.0 Å². The van der Waals surface area contributed by atoms with Crippen molar-refractivity contribution in [3.05, 3.63) is 64.1 Å². The fourth-order valence-corrected chi connectivity index (χ4v) is 2.16. The van der Waals surface area contributed by atoms with Crippen molar-refractivity contribution in [3.8, 4) is 0 Å². The fraction of sp³-hybridized carbons (Fsp3) is 0.214. The summed E-state index contributed by atoms with van der Waals surface area (Å²) < 4.78 is 14.4. The molecule has 1 aromatic carbocycles. The molecule has 0 fully saturated rings. The highest BCUT2D eigenvalue weighted by molar-refractivity contribution is 9.10. The van der Waals surface area contributed by atoms with E-state index in [4.69, 9.17) is 5.73 Å². The normalized spacial score (nSPS) is 12.4. The van der Waals surface area contributed by atoms with Gasteiger partial charge < -0.3 is 5.73 Å². The van der Waals surface area contributed by atoms with Crippen LogP contribution in [0.25, 0.3) is 0 Å². The van der Waals surface area contributed by atoms with Gasteiger partial charge >= 0.3 is 0 Å². The van der Waals surface area contributed by atoms with Gasteiger partial charge in [-0.15, -0.1) is 0 Å².